The van der Waals surface area contributed by atoms with E-state index >= 15 is 0 Å². The van der Waals surface area contributed by atoms with Crippen LogP contribution in [-0.2, 0) is 16.4 Å². The van der Waals surface area contributed by atoms with E-state index in [-0.39, 0.29) is 17.4 Å². The third-order valence-corrected chi connectivity index (χ3v) is 6.04. The van der Waals surface area contributed by atoms with Gasteiger partial charge in [-0.15, -0.1) is 0 Å². The number of anilines is 1. The van der Waals surface area contributed by atoms with Gasteiger partial charge < -0.3 is 15.0 Å². The number of benzene rings is 2. The molecule has 0 spiro atoms. The summed E-state index contributed by atoms with van der Waals surface area (Å²) in [4.78, 5) is 13.0. The maximum atomic E-state index is 12.9. The molecule has 3 aromatic rings. The van der Waals surface area contributed by atoms with Gasteiger partial charge in [0, 0.05) is 35.3 Å². The monoisotopic (exact) mass is 432 g/mol. The number of amides is 1. The Bertz CT molecular complexity index is 1150. The number of rotatable bonds is 6. The van der Waals surface area contributed by atoms with Crippen LogP contribution in [0.2, 0.25) is 5.02 Å². The summed E-state index contributed by atoms with van der Waals surface area (Å²) >= 11 is 6.35. The number of carbonyl (C=O) groups excluding carboxylic acids is 1. The summed E-state index contributed by atoms with van der Waals surface area (Å²) in [5.41, 5.74) is 3.20. The first-order valence-corrected chi connectivity index (χ1v) is 11.2. The fourth-order valence-electron chi connectivity index (χ4n) is 3.17. The van der Waals surface area contributed by atoms with E-state index < -0.39 is 9.84 Å². The van der Waals surface area contributed by atoms with Gasteiger partial charge in [-0.05, 0) is 42.8 Å². The van der Waals surface area contributed by atoms with Gasteiger partial charge in [-0.1, -0.05) is 29.8 Å². The smallest absolute Gasteiger partial charge is 0.257 e. The predicted molar refractivity (Wildman–Crippen MR) is 114 cm³/mol. The second-order valence-corrected chi connectivity index (χ2v) is 9.09. The van der Waals surface area contributed by atoms with Crippen LogP contribution in [-0.4, -0.2) is 36.9 Å². The number of hydrogen-bond acceptors (Lipinski definition) is 4. The quantitative estimate of drug-likeness (QED) is 0.620. The zero-order valence-corrected chi connectivity index (χ0v) is 17.6. The SMILES string of the molecule is Cc1c(C(=O)Nc2ccc(S(C)(=O)=O)cc2)cn(CCO)c1-c1ccccc1Cl. The Morgan fingerprint density at radius 2 is 1.79 bits per heavy atom. The van der Waals surface area contributed by atoms with Gasteiger partial charge in [0.15, 0.2) is 9.84 Å². The molecule has 2 aromatic carbocycles. The highest BCUT2D eigenvalue weighted by molar-refractivity contribution is 7.90. The largest absolute Gasteiger partial charge is 0.395 e. The topological polar surface area (TPSA) is 88.4 Å². The van der Waals surface area contributed by atoms with Crippen molar-refractivity contribution < 1.29 is 18.3 Å². The van der Waals surface area contributed by atoms with Crippen LogP contribution in [0.1, 0.15) is 15.9 Å². The molecule has 0 saturated carbocycles. The summed E-state index contributed by atoms with van der Waals surface area (Å²) in [5, 5.41) is 12.8. The minimum atomic E-state index is -3.30. The second-order valence-electron chi connectivity index (χ2n) is 6.66. The number of halogens is 1. The van der Waals surface area contributed by atoms with Crippen molar-refractivity contribution in [2.75, 3.05) is 18.2 Å². The van der Waals surface area contributed by atoms with E-state index in [9.17, 15) is 18.3 Å². The van der Waals surface area contributed by atoms with E-state index in [1.807, 2.05) is 25.1 Å². The molecule has 0 aliphatic rings. The minimum absolute atomic E-state index is 0.0837. The number of aliphatic hydroxyl groups excluding tert-OH is 1. The van der Waals surface area contributed by atoms with Crippen molar-refractivity contribution in [1.82, 2.24) is 4.57 Å². The number of carbonyl (C=O) groups is 1. The number of aromatic nitrogens is 1. The van der Waals surface area contributed by atoms with Crippen LogP contribution in [0.5, 0.6) is 0 Å². The number of aliphatic hydroxyl groups is 1. The van der Waals surface area contributed by atoms with Crippen LogP contribution >= 0.6 is 11.6 Å². The van der Waals surface area contributed by atoms with Crippen LogP contribution in [0, 0.1) is 6.92 Å². The van der Waals surface area contributed by atoms with Crippen molar-refractivity contribution in [2.24, 2.45) is 0 Å². The Kier molecular flexibility index (Phi) is 6.12. The van der Waals surface area contributed by atoms with Crippen molar-refractivity contribution in [3.63, 3.8) is 0 Å². The zero-order chi connectivity index (χ0) is 21.2. The van der Waals surface area contributed by atoms with Gasteiger partial charge in [0.05, 0.1) is 22.8 Å². The van der Waals surface area contributed by atoms with E-state index in [1.165, 1.54) is 12.1 Å². The third kappa shape index (κ3) is 4.53. The average Bonchev–Trinajstić information content (AvgIpc) is 2.98. The second kappa shape index (κ2) is 8.41. The lowest BCUT2D eigenvalue weighted by Gasteiger charge is -2.10. The lowest BCUT2D eigenvalue weighted by Crippen LogP contribution is -2.12. The highest BCUT2D eigenvalue weighted by atomic mass is 35.5. The normalized spacial score (nSPS) is 11.4. The third-order valence-electron chi connectivity index (χ3n) is 4.59. The first-order valence-electron chi connectivity index (χ1n) is 8.89. The molecule has 0 bridgehead atoms. The molecule has 6 nitrogen and oxygen atoms in total. The molecule has 0 atom stereocenters. The van der Waals surface area contributed by atoms with E-state index in [0.717, 1.165) is 23.1 Å². The summed E-state index contributed by atoms with van der Waals surface area (Å²) in [7, 11) is -3.30. The van der Waals surface area contributed by atoms with E-state index in [1.54, 1.807) is 29.0 Å². The van der Waals surface area contributed by atoms with Gasteiger partial charge in [-0.3, -0.25) is 4.79 Å². The maximum Gasteiger partial charge on any atom is 0.257 e. The molecule has 0 saturated heterocycles. The fraction of sp³-hybridized carbons (Fsp3) is 0.190. The van der Waals surface area contributed by atoms with Gasteiger partial charge in [-0.2, -0.15) is 0 Å². The van der Waals surface area contributed by atoms with Crippen molar-refractivity contribution >= 4 is 33.0 Å². The number of nitrogens with zero attached hydrogens (tertiary/aromatic N) is 1. The standard InChI is InChI=1S/C21H21ClN2O4S/c1-14-18(21(26)23-15-7-9-16(10-8-15)29(2,27)28)13-24(11-12-25)20(14)17-5-3-4-6-19(17)22/h3-10,13,25H,11-12H2,1-2H3,(H,23,26). The Labute approximate surface area is 174 Å². The molecule has 0 radical (unpaired) electrons. The maximum absolute atomic E-state index is 12.9. The zero-order valence-electron chi connectivity index (χ0n) is 16.0. The van der Waals surface area contributed by atoms with Crippen molar-refractivity contribution in [1.29, 1.82) is 0 Å². The molecule has 3 rings (SSSR count). The Morgan fingerprint density at radius 1 is 1.14 bits per heavy atom. The van der Waals surface area contributed by atoms with Crippen LogP contribution in [0.25, 0.3) is 11.3 Å². The highest BCUT2D eigenvalue weighted by Crippen LogP contribution is 2.33. The van der Waals surface area contributed by atoms with Crippen LogP contribution < -0.4 is 5.32 Å². The average molecular weight is 433 g/mol. The van der Waals surface area contributed by atoms with E-state index in [2.05, 4.69) is 5.32 Å². The van der Waals surface area contributed by atoms with Crippen LogP contribution in [0.4, 0.5) is 5.69 Å². The molecule has 152 valence electrons. The van der Waals surface area contributed by atoms with Gasteiger partial charge in [-0.25, -0.2) is 8.42 Å². The van der Waals surface area contributed by atoms with Gasteiger partial charge in [0.2, 0.25) is 0 Å². The van der Waals surface area contributed by atoms with Gasteiger partial charge >= 0.3 is 0 Å². The van der Waals surface area contributed by atoms with Crippen LogP contribution in [0.3, 0.4) is 0 Å². The van der Waals surface area contributed by atoms with Crippen molar-refractivity contribution in [3.8, 4) is 11.3 Å². The molecule has 1 aromatic heterocycles. The van der Waals surface area contributed by atoms with Crippen LogP contribution in [0.15, 0.2) is 59.6 Å². The molecule has 0 fully saturated rings. The van der Waals surface area contributed by atoms with Gasteiger partial charge in [0.1, 0.15) is 0 Å². The molecule has 29 heavy (non-hydrogen) atoms. The molecular weight excluding hydrogens is 412 g/mol. The highest BCUT2D eigenvalue weighted by Gasteiger charge is 2.20. The lowest BCUT2D eigenvalue weighted by molar-refractivity contribution is 0.102. The summed E-state index contributed by atoms with van der Waals surface area (Å²) in [6.07, 6.45) is 2.81. The molecule has 1 heterocycles. The first-order chi connectivity index (χ1) is 13.7. The molecule has 0 unspecified atom stereocenters. The minimum Gasteiger partial charge on any atom is -0.395 e. The fourth-order valence-corrected chi connectivity index (χ4v) is 4.02. The number of nitrogens with one attached hydrogen (secondary N) is 1. The molecular formula is C21H21ClN2O4S. The lowest BCUT2D eigenvalue weighted by atomic mass is 10.1. The first kappa shape index (κ1) is 21.1. The number of hydrogen-bond donors (Lipinski definition) is 2. The Hall–Kier alpha value is -2.61. The van der Waals surface area contributed by atoms with Gasteiger partial charge in [0.25, 0.3) is 5.91 Å². The van der Waals surface area contributed by atoms with E-state index in [4.69, 9.17) is 11.6 Å². The molecule has 0 aliphatic carbocycles. The molecule has 1 amide bonds. The summed E-state index contributed by atoms with van der Waals surface area (Å²) in [5.74, 6) is -0.334. The predicted octanol–water partition coefficient (Wildman–Crippen LogP) is 3.77. The van der Waals surface area contributed by atoms with Crippen molar-refractivity contribution in [2.45, 2.75) is 18.4 Å². The Balaban J connectivity index is 1.95. The van der Waals surface area contributed by atoms with E-state index in [0.29, 0.717) is 22.8 Å². The Morgan fingerprint density at radius 3 is 2.38 bits per heavy atom. The number of sulfone groups is 1. The molecule has 0 aliphatic heterocycles. The molecule has 8 heteroatoms. The van der Waals surface area contributed by atoms with Crippen molar-refractivity contribution in [3.05, 3.63) is 70.9 Å². The molecule has 2 N–H and O–H groups in total. The summed E-state index contributed by atoms with van der Waals surface area (Å²) in [6.45, 7) is 2.06. The summed E-state index contributed by atoms with van der Waals surface area (Å²) < 4.78 is 25.0. The summed E-state index contributed by atoms with van der Waals surface area (Å²) in [6, 6.07) is 13.3.